The average molecular weight is 297 g/mol. The van der Waals surface area contributed by atoms with Crippen LogP contribution < -0.4 is 5.32 Å². The van der Waals surface area contributed by atoms with Crippen molar-refractivity contribution in [1.82, 2.24) is 15.1 Å². The highest BCUT2D eigenvalue weighted by atomic mass is 16.5. The van der Waals surface area contributed by atoms with Crippen LogP contribution in [0.1, 0.15) is 40.5 Å². The number of hydrogen-bond acceptors (Lipinski definition) is 4. The Hall–Kier alpha value is -0.160. The molecule has 1 unspecified atom stereocenters. The molecule has 2 heterocycles. The van der Waals surface area contributed by atoms with Gasteiger partial charge < -0.3 is 15.0 Å². The van der Waals surface area contributed by atoms with Crippen molar-refractivity contribution < 1.29 is 4.74 Å². The summed E-state index contributed by atoms with van der Waals surface area (Å²) >= 11 is 0. The molecule has 21 heavy (non-hydrogen) atoms. The minimum Gasteiger partial charge on any atom is -0.374 e. The van der Waals surface area contributed by atoms with E-state index in [1.165, 1.54) is 32.5 Å². The Kier molecular flexibility index (Phi) is 6.48. The summed E-state index contributed by atoms with van der Waals surface area (Å²) in [5.74, 6) is 0.847. The Labute approximate surface area is 131 Å². The van der Waals surface area contributed by atoms with Crippen LogP contribution in [0.3, 0.4) is 0 Å². The molecule has 0 aromatic heterocycles. The molecular formula is C17H35N3O. The molecule has 0 spiro atoms. The minimum atomic E-state index is 0.247. The molecule has 4 heteroatoms. The molecule has 4 nitrogen and oxygen atoms in total. The predicted molar refractivity (Wildman–Crippen MR) is 88.8 cm³/mol. The van der Waals surface area contributed by atoms with E-state index in [1.54, 1.807) is 0 Å². The summed E-state index contributed by atoms with van der Waals surface area (Å²) in [5, 5.41) is 3.65. The van der Waals surface area contributed by atoms with Crippen LogP contribution in [0.2, 0.25) is 0 Å². The first-order chi connectivity index (χ1) is 9.96. The first kappa shape index (κ1) is 17.2. The SMILES string of the molecule is CCN1CCOC(CN2CCC(CNC(C)(C)C)CC2)C1. The highest BCUT2D eigenvalue weighted by Crippen LogP contribution is 2.18. The first-order valence-electron chi connectivity index (χ1n) is 8.77. The van der Waals surface area contributed by atoms with Gasteiger partial charge in [-0.15, -0.1) is 0 Å². The van der Waals surface area contributed by atoms with Gasteiger partial charge in [0.25, 0.3) is 0 Å². The molecule has 1 atom stereocenters. The van der Waals surface area contributed by atoms with Gasteiger partial charge in [0.15, 0.2) is 0 Å². The van der Waals surface area contributed by atoms with Gasteiger partial charge in [-0.2, -0.15) is 0 Å². The molecule has 2 saturated heterocycles. The molecule has 0 radical (unpaired) electrons. The van der Waals surface area contributed by atoms with E-state index in [-0.39, 0.29) is 5.54 Å². The van der Waals surface area contributed by atoms with Crippen LogP contribution in [-0.4, -0.2) is 73.9 Å². The lowest BCUT2D eigenvalue weighted by Gasteiger charge is -2.38. The summed E-state index contributed by atoms with van der Waals surface area (Å²) < 4.78 is 5.94. The number of nitrogens with zero attached hydrogens (tertiary/aromatic N) is 2. The number of morpholine rings is 1. The molecule has 124 valence electrons. The van der Waals surface area contributed by atoms with E-state index in [0.717, 1.165) is 38.7 Å². The van der Waals surface area contributed by atoms with Gasteiger partial charge in [0.05, 0.1) is 12.7 Å². The minimum absolute atomic E-state index is 0.247. The van der Waals surface area contributed by atoms with Crippen LogP contribution in [0.4, 0.5) is 0 Å². The zero-order chi connectivity index (χ0) is 15.3. The molecule has 0 saturated carbocycles. The van der Waals surface area contributed by atoms with Gasteiger partial charge in [0.2, 0.25) is 0 Å². The standard InChI is InChI=1S/C17H35N3O/c1-5-19-10-11-21-16(13-19)14-20-8-6-15(7-9-20)12-18-17(2,3)4/h15-16,18H,5-14H2,1-4H3. The number of likely N-dealkylation sites (tertiary alicyclic amines) is 1. The van der Waals surface area contributed by atoms with E-state index >= 15 is 0 Å². The highest BCUT2D eigenvalue weighted by Gasteiger charge is 2.25. The van der Waals surface area contributed by atoms with Crippen molar-refractivity contribution in [3.8, 4) is 0 Å². The van der Waals surface area contributed by atoms with Gasteiger partial charge in [-0.05, 0) is 65.7 Å². The topological polar surface area (TPSA) is 27.7 Å². The van der Waals surface area contributed by atoms with Gasteiger partial charge in [-0.25, -0.2) is 0 Å². The van der Waals surface area contributed by atoms with Crippen LogP contribution in [0.15, 0.2) is 0 Å². The fourth-order valence-corrected chi connectivity index (χ4v) is 3.29. The predicted octanol–water partition coefficient (Wildman–Crippen LogP) is 1.81. The van der Waals surface area contributed by atoms with Crippen LogP contribution in [0.25, 0.3) is 0 Å². The quantitative estimate of drug-likeness (QED) is 0.837. The van der Waals surface area contributed by atoms with Crippen molar-refractivity contribution in [2.45, 2.75) is 52.2 Å². The van der Waals surface area contributed by atoms with Gasteiger partial charge in [-0.3, -0.25) is 4.90 Å². The molecule has 2 fully saturated rings. The van der Waals surface area contributed by atoms with Crippen LogP contribution in [-0.2, 0) is 4.74 Å². The lowest BCUT2D eigenvalue weighted by atomic mass is 9.95. The van der Waals surface area contributed by atoms with E-state index in [0.29, 0.717) is 6.10 Å². The summed E-state index contributed by atoms with van der Waals surface area (Å²) in [4.78, 5) is 5.12. The van der Waals surface area contributed by atoms with E-state index in [4.69, 9.17) is 4.74 Å². The fraction of sp³-hybridized carbons (Fsp3) is 1.00. The average Bonchev–Trinajstić information content (AvgIpc) is 2.46. The Morgan fingerprint density at radius 1 is 1.10 bits per heavy atom. The normalized spacial score (nSPS) is 27.1. The molecule has 0 aromatic carbocycles. The second-order valence-corrected chi connectivity index (χ2v) is 7.76. The zero-order valence-corrected chi connectivity index (χ0v) is 14.5. The maximum Gasteiger partial charge on any atom is 0.0829 e. The largest absolute Gasteiger partial charge is 0.374 e. The van der Waals surface area contributed by atoms with Gasteiger partial charge in [-0.1, -0.05) is 6.92 Å². The summed E-state index contributed by atoms with van der Waals surface area (Å²) in [6, 6.07) is 0. The van der Waals surface area contributed by atoms with Crippen LogP contribution >= 0.6 is 0 Å². The maximum absolute atomic E-state index is 5.94. The molecule has 2 rings (SSSR count). The summed E-state index contributed by atoms with van der Waals surface area (Å²) in [7, 11) is 0. The van der Waals surface area contributed by atoms with E-state index in [9.17, 15) is 0 Å². The molecule has 2 aliphatic rings. The Morgan fingerprint density at radius 3 is 2.43 bits per heavy atom. The summed E-state index contributed by atoms with van der Waals surface area (Å²) in [5.41, 5.74) is 0.247. The smallest absolute Gasteiger partial charge is 0.0829 e. The maximum atomic E-state index is 5.94. The van der Waals surface area contributed by atoms with Crippen molar-refractivity contribution >= 4 is 0 Å². The Balaban J connectivity index is 1.65. The molecule has 2 aliphatic heterocycles. The molecule has 0 amide bonds. The second kappa shape index (κ2) is 7.91. The second-order valence-electron chi connectivity index (χ2n) is 7.76. The van der Waals surface area contributed by atoms with Crippen molar-refractivity contribution in [2.75, 3.05) is 52.4 Å². The highest BCUT2D eigenvalue weighted by molar-refractivity contribution is 4.81. The third-order valence-corrected chi connectivity index (χ3v) is 4.76. The first-order valence-corrected chi connectivity index (χ1v) is 8.77. The third kappa shape index (κ3) is 6.23. The van der Waals surface area contributed by atoms with Gasteiger partial charge >= 0.3 is 0 Å². The number of piperidine rings is 1. The number of ether oxygens (including phenoxy) is 1. The lowest BCUT2D eigenvalue weighted by Crippen LogP contribution is -2.49. The van der Waals surface area contributed by atoms with Crippen molar-refractivity contribution in [1.29, 1.82) is 0 Å². The van der Waals surface area contributed by atoms with Crippen molar-refractivity contribution in [2.24, 2.45) is 5.92 Å². The fourth-order valence-electron chi connectivity index (χ4n) is 3.29. The molecule has 0 aromatic rings. The molecule has 1 N–H and O–H groups in total. The van der Waals surface area contributed by atoms with E-state index < -0.39 is 0 Å². The summed E-state index contributed by atoms with van der Waals surface area (Å²) in [6.07, 6.45) is 3.07. The zero-order valence-electron chi connectivity index (χ0n) is 14.5. The molecule has 0 aliphatic carbocycles. The van der Waals surface area contributed by atoms with Crippen molar-refractivity contribution in [3.63, 3.8) is 0 Å². The Morgan fingerprint density at radius 2 is 1.81 bits per heavy atom. The Bertz CT molecular complexity index is 295. The van der Waals surface area contributed by atoms with Crippen LogP contribution in [0.5, 0.6) is 0 Å². The number of hydrogen-bond donors (Lipinski definition) is 1. The van der Waals surface area contributed by atoms with Crippen molar-refractivity contribution in [3.05, 3.63) is 0 Å². The van der Waals surface area contributed by atoms with E-state index in [1.807, 2.05) is 0 Å². The number of likely N-dealkylation sites (N-methyl/N-ethyl adjacent to an activating group) is 1. The van der Waals surface area contributed by atoms with Crippen LogP contribution in [0, 0.1) is 5.92 Å². The molecule has 0 bridgehead atoms. The number of rotatable bonds is 5. The number of nitrogens with one attached hydrogen (secondary N) is 1. The van der Waals surface area contributed by atoms with Gasteiger partial charge in [0.1, 0.15) is 0 Å². The lowest BCUT2D eigenvalue weighted by molar-refractivity contribution is -0.0452. The van der Waals surface area contributed by atoms with Gasteiger partial charge in [0, 0.05) is 25.2 Å². The molecular weight excluding hydrogens is 262 g/mol. The summed E-state index contributed by atoms with van der Waals surface area (Å²) in [6.45, 7) is 18.0. The van der Waals surface area contributed by atoms with E-state index in [2.05, 4.69) is 42.8 Å². The monoisotopic (exact) mass is 297 g/mol. The third-order valence-electron chi connectivity index (χ3n) is 4.76.